The largest absolute Gasteiger partial charge is 0.481 e. The highest BCUT2D eigenvalue weighted by Crippen LogP contribution is 2.36. The van der Waals surface area contributed by atoms with Crippen LogP contribution in [0.4, 0.5) is 5.69 Å². The molecule has 1 N–H and O–H groups in total. The van der Waals surface area contributed by atoms with Crippen molar-refractivity contribution in [3.8, 4) is 12.3 Å². The number of nitrogens with zero attached hydrogens (tertiary/aromatic N) is 1. The van der Waals surface area contributed by atoms with Crippen LogP contribution in [0, 0.1) is 12.3 Å². The molecule has 1 atom stereocenters. The van der Waals surface area contributed by atoms with Crippen molar-refractivity contribution in [1.82, 2.24) is 0 Å². The second-order valence-electron chi connectivity index (χ2n) is 3.83. The molecule has 0 saturated heterocycles. The number of terminal acetylenes is 1. The number of para-hydroxylation sites is 1. The van der Waals surface area contributed by atoms with Crippen LogP contribution in [0.1, 0.15) is 17.9 Å². The number of anilines is 1. The first-order chi connectivity index (χ1) is 8.15. The van der Waals surface area contributed by atoms with Gasteiger partial charge < -0.3 is 10.0 Å². The lowest BCUT2D eigenvalue weighted by molar-refractivity contribution is -0.138. The summed E-state index contributed by atoms with van der Waals surface area (Å²) >= 11 is 0. The van der Waals surface area contributed by atoms with Crippen molar-refractivity contribution < 1.29 is 14.7 Å². The van der Waals surface area contributed by atoms with E-state index in [0.29, 0.717) is 11.3 Å². The van der Waals surface area contributed by atoms with E-state index in [1.54, 1.807) is 24.3 Å². The van der Waals surface area contributed by atoms with Crippen molar-refractivity contribution in [1.29, 1.82) is 0 Å². The molecule has 1 unspecified atom stereocenters. The number of hydrogen-bond donors (Lipinski definition) is 1. The number of fused-ring (bicyclic) bond motifs is 1. The molecule has 0 spiro atoms. The van der Waals surface area contributed by atoms with Crippen molar-refractivity contribution in [3.05, 3.63) is 29.8 Å². The lowest BCUT2D eigenvalue weighted by atomic mass is 10.0. The molecule has 1 amide bonds. The molecule has 1 aromatic carbocycles. The topological polar surface area (TPSA) is 57.6 Å². The quantitative estimate of drug-likeness (QED) is 0.776. The number of carboxylic acid groups (broad SMARTS) is 1. The molecule has 1 aromatic rings. The molecule has 1 heterocycles. The highest BCUT2D eigenvalue weighted by molar-refractivity contribution is 5.99. The van der Waals surface area contributed by atoms with E-state index in [9.17, 15) is 9.59 Å². The fourth-order valence-electron chi connectivity index (χ4n) is 2.04. The number of carbonyl (C=O) groups excluding carboxylic acids is 1. The van der Waals surface area contributed by atoms with E-state index >= 15 is 0 Å². The third-order valence-electron chi connectivity index (χ3n) is 2.82. The van der Waals surface area contributed by atoms with Crippen molar-refractivity contribution in [2.45, 2.75) is 12.3 Å². The molecular weight excluding hydrogens is 218 g/mol. The van der Waals surface area contributed by atoms with E-state index in [1.165, 1.54) is 4.90 Å². The van der Waals surface area contributed by atoms with Crippen LogP contribution >= 0.6 is 0 Å². The van der Waals surface area contributed by atoms with E-state index in [0.717, 1.165) is 0 Å². The number of amides is 1. The van der Waals surface area contributed by atoms with Gasteiger partial charge in [0.25, 0.3) is 0 Å². The van der Waals surface area contributed by atoms with Gasteiger partial charge in [0.2, 0.25) is 5.91 Å². The standard InChI is InChI=1S/C13H11NO3/c1-2-5-12(15)14-8-10(13(16)17)9-6-3-4-7-11(9)14/h1,3-4,6-7,10H,5,8H2,(H,16,17). The zero-order valence-electron chi connectivity index (χ0n) is 9.09. The summed E-state index contributed by atoms with van der Waals surface area (Å²) in [5.74, 6) is 0.466. The minimum atomic E-state index is -0.923. The van der Waals surface area contributed by atoms with Crippen LogP contribution in [-0.4, -0.2) is 23.5 Å². The molecule has 2 rings (SSSR count). The fourth-order valence-corrected chi connectivity index (χ4v) is 2.04. The number of carbonyl (C=O) groups is 2. The summed E-state index contributed by atoms with van der Waals surface area (Å²) in [6, 6.07) is 7.02. The van der Waals surface area contributed by atoms with Gasteiger partial charge >= 0.3 is 5.97 Å². The van der Waals surface area contributed by atoms with Gasteiger partial charge in [-0.05, 0) is 11.6 Å². The molecular formula is C13H11NO3. The minimum absolute atomic E-state index is 0.0132. The summed E-state index contributed by atoms with van der Waals surface area (Å²) in [6.45, 7) is 0.162. The summed E-state index contributed by atoms with van der Waals surface area (Å²) in [5, 5.41) is 9.11. The molecule has 1 aliphatic heterocycles. The second-order valence-corrected chi connectivity index (χ2v) is 3.83. The molecule has 0 bridgehead atoms. The number of rotatable bonds is 2. The Bertz CT molecular complexity index is 516. The molecule has 0 saturated carbocycles. The van der Waals surface area contributed by atoms with Crippen LogP contribution in [-0.2, 0) is 9.59 Å². The maximum atomic E-state index is 11.8. The van der Waals surface area contributed by atoms with Gasteiger partial charge in [-0.3, -0.25) is 9.59 Å². The Labute approximate surface area is 98.9 Å². The zero-order valence-corrected chi connectivity index (χ0v) is 9.09. The normalized spacial score (nSPS) is 17.4. The Balaban J connectivity index is 2.39. The molecule has 17 heavy (non-hydrogen) atoms. The van der Waals surface area contributed by atoms with E-state index in [1.807, 2.05) is 0 Å². The molecule has 0 radical (unpaired) electrons. The third-order valence-corrected chi connectivity index (χ3v) is 2.82. The van der Waals surface area contributed by atoms with E-state index in [-0.39, 0.29) is 18.9 Å². The number of aliphatic carboxylic acids is 1. The smallest absolute Gasteiger partial charge is 0.312 e. The lowest BCUT2D eigenvalue weighted by Crippen LogP contribution is -2.30. The Morgan fingerprint density at radius 1 is 1.47 bits per heavy atom. The SMILES string of the molecule is C#CCC(=O)N1CC(C(=O)O)c2ccccc21. The van der Waals surface area contributed by atoms with Crippen molar-refractivity contribution >= 4 is 17.6 Å². The van der Waals surface area contributed by atoms with Crippen LogP contribution in [0.25, 0.3) is 0 Å². The maximum Gasteiger partial charge on any atom is 0.312 e. The van der Waals surface area contributed by atoms with Crippen molar-refractivity contribution in [3.63, 3.8) is 0 Å². The molecule has 0 aliphatic carbocycles. The fraction of sp³-hybridized carbons (Fsp3) is 0.231. The summed E-state index contributed by atoms with van der Waals surface area (Å²) < 4.78 is 0. The summed E-state index contributed by atoms with van der Waals surface area (Å²) in [6.07, 6.45) is 5.08. The third kappa shape index (κ3) is 1.87. The highest BCUT2D eigenvalue weighted by Gasteiger charge is 2.35. The van der Waals surface area contributed by atoms with Gasteiger partial charge in [-0.2, -0.15) is 0 Å². The van der Waals surface area contributed by atoms with E-state index in [2.05, 4.69) is 5.92 Å². The zero-order chi connectivity index (χ0) is 12.4. The van der Waals surface area contributed by atoms with Gasteiger partial charge in [-0.1, -0.05) is 24.1 Å². The average molecular weight is 229 g/mol. The molecule has 1 aliphatic rings. The maximum absolute atomic E-state index is 11.8. The Morgan fingerprint density at radius 2 is 2.18 bits per heavy atom. The van der Waals surface area contributed by atoms with Crippen molar-refractivity contribution in [2.75, 3.05) is 11.4 Å². The van der Waals surface area contributed by atoms with Gasteiger partial charge in [-0.15, -0.1) is 6.42 Å². The van der Waals surface area contributed by atoms with E-state index in [4.69, 9.17) is 11.5 Å². The van der Waals surface area contributed by atoms with Crippen LogP contribution in [0.15, 0.2) is 24.3 Å². The average Bonchev–Trinajstić information content (AvgIpc) is 2.69. The monoisotopic (exact) mass is 229 g/mol. The van der Waals surface area contributed by atoms with Gasteiger partial charge in [-0.25, -0.2) is 0 Å². The van der Waals surface area contributed by atoms with Crippen molar-refractivity contribution in [2.24, 2.45) is 0 Å². The Hall–Kier alpha value is -2.28. The molecule has 0 fully saturated rings. The first kappa shape index (κ1) is 11.2. The van der Waals surface area contributed by atoms with Crippen LogP contribution in [0.2, 0.25) is 0 Å². The van der Waals surface area contributed by atoms with Gasteiger partial charge in [0.15, 0.2) is 0 Å². The number of benzene rings is 1. The number of hydrogen-bond acceptors (Lipinski definition) is 2. The number of carboxylic acids is 1. The molecule has 4 heteroatoms. The lowest BCUT2D eigenvalue weighted by Gasteiger charge is -2.15. The second kappa shape index (κ2) is 4.30. The first-order valence-corrected chi connectivity index (χ1v) is 5.20. The Morgan fingerprint density at radius 3 is 2.82 bits per heavy atom. The molecule has 0 aromatic heterocycles. The molecule has 86 valence electrons. The first-order valence-electron chi connectivity index (χ1n) is 5.20. The summed E-state index contributed by atoms with van der Waals surface area (Å²) in [4.78, 5) is 24.3. The summed E-state index contributed by atoms with van der Waals surface area (Å²) in [5.41, 5.74) is 1.32. The minimum Gasteiger partial charge on any atom is -0.481 e. The van der Waals surface area contributed by atoms with Gasteiger partial charge in [0, 0.05) is 12.2 Å². The van der Waals surface area contributed by atoms with Crippen LogP contribution in [0.3, 0.4) is 0 Å². The summed E-state index contributed by atoms with van der Waals surface area (Å²) in [7, 11) is 0. The van der Waals surface area contributed by atoms with Crippen LogP contribution < -0.4 is 4.90 Å². The predicted octanol–water partition coefficient (Wildman–Crippen LogP) is 1.22. The predicted molar refractivity (Wildman–Crippen MR) is 62.6 cm³/mol. The Kier molecular flexibility index (Phi) is 2.84. The van der Waals surface area contributed by atoms with Gasteiger partial charge in [0.1, 0.15) is 5.92 Å². The van der Waals surface area contributed by atoms with E-state index < -0.39 is 11.9 Å². The van der Waals surface area contributed by atoms with Gasteiger partial charge in [0.05, 0.1) is 6.42 Å². The molecule has 4 nitrogen and oxygen atoms in total. The highest BCUT2D eigenvalue weighted by atomic mass is 16.4. The van der Waals surface area contributed by atoms with Crippen LogP contribution in [0.5, 0.6) is 0 Å².